The fraction of sp³-hybridized carbons (Fsp3) is 0.944. The summed E-state index contributed by atoms with van der Waals surface area (Å²) in [6, 6.07) is 0. The highest BCUT2D eigenvalue weighted by Gasteiger charge is 2.16. The minimum atomic E-state index is -0.0338. The Morgan fingerprint density at radius 1 is 0.833 bits per heavy atom. The van der Waals surface area contributed by atoms with E-state index < -0.39 is 0 Å². The number of nitrogens with one attached hydrogen (secondary N) is 2. The Bertz CT molecular complexity index is 329. The van der Waals surface area contributed by atoms with Crippen molar-refractivity contribution in [2.24, 2.45) is 0 Å². The summed E-state index contributed by atoms with van der Waals surface area (Å²) in [6.45, 7) is 5.16. The highest BCUT2D eigenvalue weighted by atomic mass is 16.7. The van der Waals surface area contributed by atoms with E-state index in [4.69, 9.17) is 14.2 Å². The third-order valence-corrected chi connectivity index (χ3v) is 4.68. The zero-order valence-electron chi connectivity index (χ0n) is 14.9. The van der Waals surface area contributed by atoms with Crippen molar-refractivity contribution in [3.05, 3.63) is 0 Å². The third-order valence-electron chi connectivity index (χ3n) is 4.68. The smallest absolute Gasteiger partial charge is 0.306 e. The fourth-order valence-corrected chi connectivity index (χ4v) is 3.15. The second-order valence-corrected chi connectivity index (χ2v) is 6.75. The van der Waals surface area contributed by atoms with Crippen LogP contribution in [0.15, 0.2) is 0 Å². The highest BCUT2D eigenvalue weighted by molar-refractivity contribution is 5.69. The maximum atomic E-state index is 11.7. The Morgan fingerprint density at radius 2 is 1.46 bits per heavy atom. The van der Waals surface area contributed by atoms with Gasteiger partial charge in [0.15, 0.2) is 0 Å². The van der Waals surface area contributed by atoms with Crippen LogP contribution in [0.25, 0.3) is 0 Å². The van der Waals surface area contributed by atoms with E-state index in [2.05, 4.69) is 10.6 Å². The van der Waals surface area contributed by atoms with Crippen molar-refractivity contribution in [3.8, 4) is 0 Å². The minimum Gasteiger partial charge on any atom is -0.462 e. The van der Waals surface area contributed by atoms with E-state index >= 15 is 0 Å². The summed E-state index contributed by atoms with van der Waals surface area (Å²) >= 11 is 0. The van der Waals surface area contributed by atoms with Crippen LogP contribution in [0.5, 0.6) is 0 Å². The molecule has 0 bridgehead atoms. The summed E-state index contributed by atoms with van der Waals surface area (Å²) < 4.78 is 16.7. The van der Waals surface area contributed by atoms with Crippen LogP contribution >= 0.6 is 0 Å². The molecule has 2 fully saturated rings. The lowest BCUT2D eigenvalue weighted by Crippen LogP contribution is -2.33. The van der Waals surface area contributed by atoms with Crippen LogP contribution in [-0.4, -0.2) is 57.8 Å². The van der Waals surface area contributed by atoms with Crippen molar-refractivity contribution in [2.75, 3.05) is 39.6 Å². The first-order valence-corrected chi connectivity index (χ1v) is 9.65. The highest BCUT2D eigenvalue weighted by Crippen LogP contribution is 2.11. The van der Waals surface area contributed by atoms with Crippen molar-refractivity contribution >= 4 is 5.97 Å². The number of unbranched alkanes of at least 4 members (excludes halogenated alkanes) is 3. The molecule has 0 atom stereocenters. The van der Waals surface area contributed by atoms with Crippen LogP contribution in [0.1, 0.15) is 57.8 Å². The van der Waals surface area contributed by atoms with Crippen LogP contribution in [0.2, 0.25) is 0 Å². The summed E-state index contributed by atoms with van der Waals surface area (Å²) in [6.07, 6.45) is 9.18. The second-order valence-electron chi connectivity index (χ2n) is 6.75. The molecule has 140 valence electrons. The van der Waals surface area contributed by atoms with Gasteiger partial charge in [0.25, 0.3) is 0 Å². The number of esters is 1. The molecule has 0 aromatic carbocycles. The molecule has 6 nitrogen and oxygen atoms in total. The topological polar surface area (TPSA) is 68.8 Å². The van der Waals surface area contributed by atoms with Gasteiger partial charge < -0.3 is 24.8 Å². The van der Waals surface area contributed by atoms with Gasteiger partial charge in [-0.1, -0.05) is 12.8 Å². The molecule has 0 amide bonds. The Morgan fingerprint density at radius 3 is 2.17 bits per heavy atom. The first kappa shape index (κ1) is 19.6. The normalized spacial score (nSPS) is 20.2. The average Bonchev–Trinajstić information content (AvgIpc) is 2.62. The van der Waals surface area contributed by atoms with E-state index in [9.17, 15) is 4.79 Å². The van der Waals surface area contributed by atoms with Crippen LogP contribution in [0, 0.1) is 0 Å². The molecule has 2 heterocycles. The predicted molar refractivity (Wildman–Crippen MR) is 92.9 cm³/mol. The van der Waals surface area contributed by atoms with Gasteiger partial charge >= 0.3 is 5.97 Å². The van der Waals surface area contributed by atoms with Gasteiger partial charge in [-0.3, -0.25) is 4.79 Å². The number of carbonyl (C=O) groups is 1. The zero-order valence-corrected chi connectivity index (χ0v) is 14.9. The van der Waals surface area contributed by atoms with E-state index in [0.29, 0.717) is 19.3 Å². The van der Waals surface area contributed by atoms with Crippen LogP contribution < -0.4 is 10.6 Å². The molecular weight excluding hydrogens is 308 g/mol. The molecule has 0 spiro atoms. The summed E-state index contributed by atoms with van der Waals surface area (Å²) in [7, 11) is 0. The maximum absolute atomic E-state index is 11.7. The molecule has 24 heavy (non-hydrogen) atoms. The van der Waals surface area contributed by atoms with Crippen LogP contribution in [0.4, 0.5) is 0 Å². The summed E-state index contributed by atoms with van der Waals surface area (Å²) in [4.78, 5) is 11.7. The first-order valence-electron chi connectivity index (χ1n) is 9.65. The standard InChI is InChI=1S/C18H34N2O4/c21-18(24-17-8-12-20-13-9-17)5-3-1-2-4-14-22-15-23-16-6-10-19-11-7-16/h16-17,19-20H,1-15H2. The molecule has 0 aromatic rings. The van der Waals surface area contributed by atoms with Crippen molar-refractivity contribution in [1.29, 1.82) is 0 Å². The van der Waals surface area contributed by atoms with Gasteiger partial charge in [0.1, 0.15) is 12.9 Å². The van der Waals surface area contributed by atoms with Crippen molar-refractivity contribution < 1.29 is 19.0 Å². The number of piperidine rings is 2. The van der Waals surface area contributed by atoms with Crippen molar-refractivity contribution in [3.63, 3.8) is 0 Å². The lowest BCUT2D eigenvalue weighted by atomic mass is 10.1. The van der Waals surface area contributed by atoms with E-state index in [1.54, 1.807) is 0 Å². The first-order chi connectivity index (χ1) is 11.8. The van der Waals surface area contributed by atoms with E-state index in [1.165, 1.54) is 0 Å². The molecule has 2 aliphatic rings. The number of hydrogen-bond donors (Lipinski definition) is 2. The van der Waals surface area contributed by atoms with E-state index in [0.717, 1.165) is 84.2 Å². The summed E-state index contributed by atoms with van der Waals surface area (Å²) in [5.41, 5.74) is 0. The molecule has 2 N–H and O–H groups in total. The lowest BCUT2D eigenvalue weighted by molar-refractivity contribution is -0.150. The van der Waals surface area contributed by atoms with Crippen LogP contribution in [-0.2, 0) is 19.0 Å². The Balaban J connectivity index is 1.33. The second kappa shape index (κ2) is 12.6. The van der Waals surface area contributed by atoms with Crippen molar-refractivity contribution in [1.82, 2.24) is 10.6 Å². The number of carbonyl (C=O) groups excluding carboxylic acids is 1. The SMILES string of the molecule is O=C(CCCCCCOCOC1CCNCC1)OC1CCNCC1. The van der Waals surface area contributed by atoms with Gasteiger partial charge in [-0.15, -0.1) is 0 Å². The quantitative estimate of drug-likeness (QED) is 0.340. The van der Waals surface area contributed by atoms with Gasteiger partial charge in [-0.25, -0.2) is 0 Å². The van der Waals surface area contributed by atoms with Gasteiger partial charge in [-0.2, -0.15) is 0 Å². The molecule has 0 radical (unpaired) electrons. The average molecular weight is 342 g/mol. The van der Waals surface area contributed by atoms with Gasteiger partial charge in [0.2, 0.25) is 0 Å². The van der Waals surface area contributed by atoms with Gasteiger partial charge in [-0.05, 0) is 64.7 Å². The van der Waals surface area contributed by atoms with E-state index in [1.807, 2.05) is 0 Å². The van der Waals surface area contributed by atoms with Gasteiger partial charge in [0, 0.05) is 13.0 Å². The molecule has 6 heteroatoms. The Labute approximate surface area is 146 Å². The Hall–Kier alpha value is -0.690. The summed E-state index contributed by atoms with van der Waals surface area (Å²) in [5.74, 6) is -0.0338. The maximum Gasteiger partial charge on any atom is 0.306 e. The summed E-state index contributed by atoms with van der Waals surface area (Å²) in [5, 5.41) is 6.59. The number of ether oxygens (including phenoxy) is 3. The molecule has 2 aliphatic heterocycles. The van der Waals surface area contributed by atoms with E-state index in [-0.39, 0.29) is 12.1 Å². The molecule has 0 unspecified atom stereocenters. The Kier molecular flexibility index (Phi) is 10.3. The zero-order chi connectivity index (χ0) is 16.9. The molecule has 2 rings (SSSR count). The lowest BCUT2D eigenvalue weighted by Gasteiger charge is -2.22. The molecule has 0 aromatic heterocycles. The predicted octanol–water partition coefficient (Wildman–Crippen LogP) is 1.97. The monoisotopic (exact) mass is 342 g/mol. The minimum absolute atomic E-state index is 0.0338. The molecule has 0 saturated carbocycles. The van der Waals surface area contributed by atoms with Crippen LogP contribution in [0.3, 0.4) is 0 Å². The largest absolute Gasteiger partial charge is 0.462 e. The molecular formula is C18H34N2O4. The van der Waals surface area contributed by atoms with Gasteiger partial charge in [0.05, 0.1) is 6.10 Å². The number of rotatable bonds is 11. The molecule has 2 saturated heterocycles. The fourth-order valence-electron chi connectivity index (χ4n) is 3.15. The molecule has 0 aliphatic carbocycles. The third kappa shape index (κ3) is 8.97. The number of hydrogen-bond acceptors (Lipinski definition) is 6. The van der Waals surface area contributed by atoms with Crippen molar-refractivity contribution in [2.45, 2.75) is 70.0 Å².